The highest BCUT2D eigenvalue weighted by Crippen LogP contribution is 2.50. The summed E-state index contributed by atoms with van der Waals surface area (Å²) in [7, 11) is 1.66. The Bertz CT molecular complexity index is 784. The maximum atomic E-state index is 8.18. The molecule has 1 spiro atoms. The molecule has 2 aliphatic heterocycles. The molecule has 4 nitrogen and oxygen atoms in total. The predicted octanol–water partition coefficient (Wildman–Crippen LogP) is 4.41. The Morgan fingerprint density at radius 2 is 1.88 bits per heavy atom. The third kappa shape index (κ3) is 2.25. The molecule has 2 aromatic carbocycles. The van der Waals surface area contributed by atoms with Crippen LogP contribution in [0.4, 0.5) is 0 Å². The maximum Gasteiger partial charge on any atom is 0.214 e. The van der Waals surface area contributed by atoms with Gasteiger partial charge in [0.15, 0.2) is 5.60 Å². The first-order valence-electron chi connectivity index (χ1n) is 8.35. The molecule has 1 atom stereocenters. The van der Waals surface area contributed by atoms with Gasteiger partial charge in [-0.05, 0) is 24.6 Å². The van der Waals surface area contributed by atoms with Crippen molar-refractivity contribution in [1.82, 2.24) is 0 Å². The molecule has 126 valence electrons. The van der Waals surface area contributed by atoms with Crippen molar-refractivity contribution in [3.05, 3.63) is 58.7 Å². The molecule has 0 radical (unpaired) electrons. The molecule has 4 rings (SSSR count). The number of methoxy groups -OCH3 is 1. The molecule has 0 amide bonds. The number of fused-ring (bicyclic) bond motifs is 4. The smallest absolute Gasteiger partial charge is 0.214 e. The van der Waals surface area contributed by atoms with Crippen molar-refractivity contribution < 1.29 is 14.2 Å². The van der Waals surface area contributed by atoms with Gasteiger partial charge in [0.05, 0.1) is 13.7 Å². The van der Waals surface area contributed by atoms with Crippen molar-refractivity contribution in [3.63, 3.8) is 0 Å². The van der Waals surface area contributed by atoms with Gasteiger partial charge in [0.1, 0.15) is 11.5 Å². The summed E-state index contributed by atoms with van der Waals surface area (Å²) in [5.41, 5.74) is 3.31. The summed E-state index contributed by atoms with van der Waals surface area (Å²) in [6.07, 6.45) is 0.700. The normalized spacial score (nSPS) is 20.2. The van der Waals surface area contributed by atoms with Crippen molar-refractivity contribution in [2.75, 3.05) is 13.7 Å². The van der Waals surface area contributed by atoms with Gasteiger partial charge in [0.2, 0.25) is 5.90 Å². The minimum atomic E-state index is -0.613. The molecule has 4 heteroatoms. The van der Waals surface area contributed by atoms with E-state index in [-0.39, 0.29) is 5.90 Å². The van der Waals surface area contributed by atoms with Crippen molar-refractivity contribution in [3.8, 4) is 11.5 Å². The first-order valence-corrected chi connectivity index (χ1v) is 8.35. The van der Waals surface area contributed by atoms with Crippen molar-refractivity contribution in [2.45, 2.75) is 32.8 Å². The van der Waals surface area contributed by atoms with Crippen molar-refractivity contribution in [1.29, 1.82) is 5.41 Å². The SMILES string of the molecule is CC.COc1cc2c(cc1C)C1(CCO2)OC(=N)c2ccccc21. The Morgan fingerprint density at radius 1 is 1.12 bits per heavy atom. The van der Waals surface area contributed by atoms with E-state index in [0.29, 0.717) is 13.0 Å². The van der Waals surface area contributed by atoms with Crippen LogP contribution in [0.2, 0.25) is 0 Å². The molecule has 2 aliphatic rings. The van der Waals surface area contributed by atoms with Gasteiger partial charge in [-0.3, -0.25) is 5.41 Å². The Hall–Kier alpha value is -2.49. The fourth-order valence-corrected chi connectivity index (χ4v) is 3.47. The largest absolute Gasteiger partial charge is 0.496 e. The van der Waals surface area contributed by atoms with Crippen LogP contribution in [0, 0.1) is 12.3 Å². The summed E-state index contributed by atoms with van der Waals surface area (Å²) in [5.74, 6) is 1.81. The lowest BCUT2D eigenvalue weighted by molar-refractivity contribution is 0.0594. The highest BCUT2D eigenvalue weighted by molar-refractivity contribution is 5.97. The highest BCUT2D eigenvalue weighted by Gasteiger charge is 2.48. The average Bonchev–Trinajstić information content (AvgIpc) is 2.90. The van der Waals surface area contributed by atoms with Crippen molar-refractivity contribution in [2.24, 2.45) is 0 Å². The molecule has 1 unspecified atom stereocenters. The van der Waals surface area contributed by atoms with E-state index >= 15 is 0 Å². The van der Waals surface area contributed by atoms with E-state index in [1.807, 2.05) is 51.1 Å². The molecule has 0 bridgehead atoms. The molecule has 0 aliphatic carbocycles. The number of rotatable bonds is 1. The zero-order chi connectivity index (χ0) is 17.3. The monoisotopic (exact) mass is 325 g/mol. The number of aryl methyl sites for hydroxylation is 1. The quantitative estimate of drug-likeness (QED) is 0.845. The zero-order valence-corrected chi connectivity index (χ0v) is 14.6. The van der Waals surface area contributed by atoms with Gasteiger partial charge in [-0.25, -0.2) is 0 Å². The summed E-state index contributed by atoms with van der Waals surface area (Å²) < 4.78 is 17.3. The summed E-state index contributed by atoms with van der Waals surface area (Å²) >= 11 is 0. The molecule has 0 saturated carbocycles. The third-order valence-electron chi connectivity index (χ3n) is 4.53. The second kappa shape index (κ2) is 6.19. The fourth-order valence-electron chi connectivity index (χ4n) is 3.47. The Kier molecular flexibility index (Phi) is 4.22. The van der Waals surface area contributed by atoms with E-state index in [9.17, 15) is 0 Å². The summed E-state index contributed by atoms with van der Waals surface area (Å²) in [6, 6.07) is 11.9. The molecular weight excluding hydrogens is 302 g/mol. The molecule has 0 aromatic heterocycles. The van der Waals surface area contributed by atoms with Crippen LogP contribution in [0.15, 0.2) is 36.4 Å². The minimum absolute atomic E-state index is 0.233. The third-order valence-corrected chi connectivity index (χ3v) is 4.53. The van der Waals surface area contributed by atoms with Crippen LogP contribution in [-0.2, 0) is 10.3 Å². The van der Waals surface area contributed by atoms with Gasteiger partial charge in [-0.2, -0.15) is 0 Å². The Morgan fingerprint density at radius 3 is 2.62 bits per heavy atom. The lowest BCUT2D eigenvalue weighted by Gasteiger charge is -2.35. The summed E-state index contributed by atoms with van der Waals surface area (Å²) in [4.78, 5) is 0. The average molecular weight is 325 g/mol. The van der Waals surface area contributed by atoms with E-state index in [0.717, 1.165) is 33.8 Å². The predicted molar refractivity (Wildman–Crippen MR) is 94.3 cm³/mol. The van der Waals surface area contributed by atoms with Crippen LogP contribution in [0.5, 0.6) is 11.5 Å². The van der Waals surface area contributed by atoms with Crippen LogP contribution in [0.1, 0.15) is 42.5 Å². The van der Waals surface area contributed by atoms with Crippen LogP contribution in [0.3, 0.4) is 0 Å². The summed E-state index contributed by atoms with van der Waals surface area (Å²) in [5, 5.41) is 8.18. The van der Waals surface area contributed by atoms with Crippen LogP contribution in [-0.4, -0.2) is 19.6 Å². The standard InChI is InChI=1S/C18H17NO3.C2H6/c1-11-9-14-16(10-15(11)20-2)21-8-7-18(14)13-6-4-3-5-12(13)17(19)22-18;1-2/h3-6,9-10,19H,7-8H2,1-2H3;1-2H3. The number of benzene rings is 2. The lowest BCUT2D eigenvalue weighted by atomic mass is 9.81. The molecule has 2 heterocycles. The van der Waals surface area contributed by atoms with Gasteiger partial charge >= 0.3 is 0 Å². The molecule has 0 fully saturated rings. The Balaban J connectivity index is 0.000000815. The maximum absolute atomic E-state index is 8.18. The highest BCUT2D eigenvalue weighted by atomic mass is 16.5. The van der Waals surface area contributed by atoms with E-state index in [1.165, 1.54) is 0 Å². The van der Waals surface area contributed by atoms with E-state index in [4.69, 9.17) is 19.6 Å². The number of hydrogen-bond acceptors (Lipinski definition) is 4. The van der Waals surface area contributed by atoms with Crippen LogP contribution < -0.4 is 9.47 Å². The molecule has 0 saturated heterocycles. The zero-order valence-electron chi connectivity index (χ0n) is 14.6. The van der Waals surface area contributed by atoms with Crippen molar-refractivity contribution >= 4 is 5.90 Å². The number of nitrogens with one attached hydrogen (secondary N) is 1. The van der Waals surface area contributed by atoms with Gasteiger partial charge in [-0.15, -0.1) is 0 Å². The first-order chi connectivity index (χ1) is 11.7. The number of hydrogen-bond donors (Lipinski definition) is 1. The molecule has 24 heavy (non-hydrogen) atoms. The van der Waals surface area contributed by atoms with Crippen LogP contribution >= 0.6 is 0 Å². The Labute approximate surface area is 142 Å². The number of ether oxygens (including phenoxy) is 3. The van der Waals surface area contributed by atoms with Gasteiger partial charge in [0.25, 0.3) is 0 Å². The minimum Gasteiger partial charge on any atom is -0.496 e. The molecule has 2 aromatic rings. The van der Waals surface area contributed by atoms with E-state index in [2.05, 4.69) is 6.07 Å². The molecular formula is C20H23NO3. The first kappa shape index (κ1) is 16.4. The van der Waals surface area contributed by atoms with Crippen LogP contribution in [0.25, 0.3) is 0 Å². The lowest BCUT2D eigenvalue weighted by Crippen LogP contribution is -2.34. The fraction of sp³-hybridized carbons (Fsp3) is 0.350. The molecule has 1 N–H and O–H groups in total. The van der Waals surface area contributed by atoms with Gasteiger partial charge in [0, 0.05) is 29.2 Å². The topological polar surface area (TPSA) is 51.5 Å². The second-order valence-corrected chi connectivity index (χ2v) is 5.72. The van der Waals surface area contributed by atoms with E-state index < -0.39 is 5.60 Å². The second-order valence-electron chi connectivity index (χ2n) is 5.72. The van der Waals surface area contributed by atoms with E-state index in [1.54, 1.807) is 7.11 Å². The van der Waals surface area contributed by atoms with Gasteiger partial charge in [-0.1, -0.05) is 32.0 Å². The van der Waals surface area contributed by atoms with Gasteiger partial charge < -0.3 is 14.2 Å². The summed E-state index contributed by atoms with van der Waals surface area (Å²) in [6.45, 7) is 6.56.